The van der Waals surface area contributed by atoms with Crippen molar-refractivity contribution in [1.29, 1.82) is 0 Å². The van der Waals surface area contributed by atoms with Crippen LogP contribution >= 0.6 is 0 Å². The molecule has 104 valence electrons. The minimum absolute atomic E-state index is 0.255. The number of nitro benzene ring substituents is 1. The minimum Gasteiger partial charge on any atom is -0.503 e. The fourth-order valence-corrected chi connectivity index (χ4v) is 3.00. The SMILES string of the molecule is O=c1c(O)cccn1S(=O)(=O)c1ccccc1[N+](=O)[O-]. The van der Waals surface area contributed by atoms with Crippen molar-refractivity contribution in [3.8, 4) is 5.75 Å². The maximum absolute atomic E-state index is 12.3. The van der Waals surface area contributed by atoms with E-state index in [0.29, 0.717) is 0 Å². The van der Waals surface area contributed by atoms with Gasteiger partial charge in [-0.2, -0.15) is 0 Å². The molecule has 1 aromatic carbocycles. The van der Waals surface area contributed by atoms with Gasteiger partial charge in [-0.25, -0.2) is 12.4 Å². The van der Waals surface area contributed by atoms with Gasteiger partial charge in [0.1, 0.15) is 0 Å². The molecule has 0 aliphatic heterocycles. The van der Waals surface area contributed by atoms with Gasteiger partial charge in [0, 0.05) is 12.3 Å². The van der Waals surface area contributed by atoms with Crippen LogP contribution in [0.2, 0.25) is 0 Å². The van der Waals surface area contributed by atoms with Gasteiger partial charge in [-0.1, -0.05) is 12.1 Å². The van der Waals surface area contributed by atoms with Crippen LogP contribution in [-0.2, 0) is 10.0 Å². The van der Waals surface area contributed by atoms with Crippen molar-refractivity contribution in [1.82, 2.24) is 3.97 Å². The van der Waals surface area contributed by atoms with Crippen LogP contribution < -0.4 is 5.56 Å². The highest BCUT2D eigenvalue weighted by molar-refractivity contribution is 7.90. The fourth-order valence-electron chi connectivity index (χ4n) is 1.59. The van der Waals surface area contributed by atoms with Gasteiger partial charge in [0.05, 0.1) is 4.92 Å². The minimum atomic E-state index is -4.47. The lowest BCUT2D eigenvalue weighted by Crippen LogP contribution is -2.26. The summed E-state index contributed by atoms with van der Waals surface area (Å²) in [5.41, 5.74) is -1.83. The summed E-state index contributed by atoms with van der Waals surface area (Å²) in [5.74, 6) is -0.769. The monoisotopic (exact) mass is 296 g/mol. The Morgan fingerprint density at radius 1 is 1.15 bits per heavy atom. The van der Waals surface area contributed by atoms with Crippen molar-refractivity contribution in [2.24, 2.45) is 0 Å². The van der Waals surface area contributed by atoms with Gasteiger partial charge in [0.2, 0.25) is 0 Å². The van der Waals surface area contributed by atoms with Gasteiger partial charge in [-0.15, -0.1) is 0 Å². The molecule has 8 nitrogen and oxygen atoms in total. The first-order valence-corrected chi connectivity index (χ1v) is 6.69. The van der Waals surface area contributed by atoms with Crippen LogP contribution in [-0.4, -0.2) is 22.4 Å². The van der Waals surface area contributed by atoms with Crippen LogP contribution in [0.3, 0.4) is 0 Å². The van der Waals surface area contributed by atoms with Gasteiger partial charge in [-0.3, -0.25) is 14.9 Å². The first-order valence-electron chi connectivity index (χ1n) is 5.25. The number of rotatable bonds is 3. The summed E-state index contributed by atoms with van der Waals surface area (Å²) in [6.07, 6.45) is 0.911. The Balaban J connectivity index is 2.78. The molecule has 1 aromatic heterocycles. The number of pyridine rings is 1. The Labute approximate surface area is 112 Å². The Bertz CT molecular complexity index is 840. The highest BCUT2D eigenvalue weighted by Gasteiger charge is 2.28. The molecule has 9 heteroatoms. The average Bonchev–Trinajstić information content (AvgIpc) is 2.41. The third kappa shape index (κ3) is 2.14. The summed E-state index contributed by atoms with van der Waals surface area (Å²) in [4.78, 5) is 21.0. The first-order chi connectivity index (χ1) is 9.35. The largest absolute Gasteiger partial charge is 0.503 e. The van der Waals surface area contributed by atoms with Crippen molar-refractivity contribution in [3.05, 3.63) is 63.1 Å². The van der Waals surface area contributed by atoms with Gasteiger partial charge < -0.3 is 5.11 Å². The molecule has 0 bridgehead atoms. The maximum atomic E-state index is 12.3. The van der Waals surface area contributed by atoms with E-state index in [-0.39, 0.29) is 3.97 Å². The van der Waals surface area contributed by atoms with Gasteiger partial charge >= 0.3 is 5.56 Å². The summed E-state index contributed by atoms with van der Waals surface area (Å²) in [6.45, 7) is 0. The second-order valence-electron chi connectivity index (χ2n) is 3.72. The van der Waals surface area contributed by atoms with Crippen LogP contribution in [0, 0.1) is 10.1 Å². The Morgan fingerprint density at radius 2 is 1.80 bits per heavy atom. The van der Waals surface area contributed by atoms with E-state index in [1.54, 1.807) is 0 Å². The number of para-hydroxylation sites is 1. The number of aromatic nitrogens is 1. The van der Waals surface area contributed by atoms with E-state index >= 15 is 0 Å². The van der Waals surface area contributed by atoms with Crippen molar-refractivity contribution < 1.29 is 18.4 Å². The van der Waals surface area contributed by atoms with Crippen molar-refractivity contribution in [3.63, 3.8) is 0 Å². The highest BCUT2D eigenvalue weighted by atomic mass is 32.2. The van der Waals surface area contributed by atoms with E-state index in [9.17, 15) is 28.4 Å². The molecule has 0 aliphatic carbocycles. The maximum Gasteiger partial charge on any atom is 0.306 e. The van der Waals surface area contributed by atoms with Gasteiger partial charge in [0.25, 0.3) is 15.7 Å². The molecule has 0 saturated carbocycles. The molecular formula is C11H8N2O6S. The lowest BCUT2D eigenvalue weighted by molar-refractivity contribution is -0.387. The molecule has 0 fully saturated rings. The number of hydrogen-bond donors (Lipinski definition) is 1. The van der Waals surface area contributed by atoms with E-state index in [1.165, 1.54) is 12.1 Å². The van der Waals surface area contributed by atoms with Gasteiger partial charge in [-0.05, 0) is 18.2 Å². The molecular weight excluding hydrogens is 288 g/mol. The molecule has 0 saturated heterocycles. The summed E-state index contributed by atoms with van der Waals surface area (Å²) in [5, 5.41) is 20.1. The quantitative estimate of drug-likeness (QED) is 0.657. The topological polar surface area (TPSA) is 120 Å². The lowest BCUT2D eigenvalue weighted by atomic mass is 10.3. The molecule has 20 heavy (non-hydrogen) atoms. The number of benzene rings is 1. The second-order valence-corrected chi connectivity index (χ2v) is 5.51. The molecule has 0 spiro atoms. The number of nitrogens with zero attached hydrogens (tertiary/aromatic N) is 2. The van der Waals surface area contributed by atoms with E-state index in [1.807, 2.05) is 0 Å². The van der Waals surface area contributed by atoms with Crippen LogP contribution in [0.1, 0.15) is 0 Å². The number of aromatic hydroxyl groups is 1. The molecule has 1 N–H and O–H groups in total. The van der Waals surface area contributed by atoms with Crippen LogP contribution in [0.4, 0.5) is 5.69 Å². The van der Waals surface area contributed by atoms with Crippen LogP contribution in [0.25, 0.3) is 0 Å². The normalized spacial score (nSPS) is 11.2. The van der Waals surface area contributed by atoms with E-state index in [2.05, 4.69) is 0 Å². The predicted octanol–water partition coefficient (Wildman–Crippen LogP) is 0.699. The molecule has 0 unspecified atom stereocenters. The average molecular weight is 296 g/mol. The lowest BCUT2D eigenvalue weighted by Gasteiger charge is -2.07. The summed E-state index contributed by atoms with van der Waals surface area (Å²) >= 11 is 0. The molecule has 2 rings (SSSR count). The zero-order valence-corrected chi connectivity index (χ0v) is 10.6. The molecule has 0 amide bonds. The summed E-state index contributed by atoms with van der Waals surface area (Å²) in [7, 11) is -4.47. The summed E-state index contributed by atoms with van der Waals surface area (Å²) in [6, 6.07) is 6.80. The molecule has 2 aromatic rings. The number of hydrogen-bond acceptors (Lipinski definition) is 6. The Morgan fingerprint density at radius 3 is 2.45 bits per heavy atom. The smallest absolute Gasteiger partial charge is 0.306 e. The van der Waals surface area contributed by atoms with Crippen molar-refractivity contribution in [2.75, 3.05) is 0 Å². The Kier molecular flexibility index (Phi) is 3.28. The van der Waals surface area contributed by atoms with E-state index < -0.39 is 36.8 Å². The second kappa shape index (κ2) is 4.78. The molecule has 0 radical (unpaired) electrons. The van der Waals surface area contributed by atoms with E-state index in [0.717, 1.165) is 30.5 Å². The highest BCUT2D eigenvalue weighted by Crippen LogP contribution is 2.24. The predicted molar refractivity (Wildman–Crippen MR) is 68.0 cm³/mol. The number of nitro groups is 1. The molecule has 0 aliphatic rings. The Hall–Kier alpha value is -2.68. The summed E-state index contributed by atoms with van der Waals surface area (Å²) < 4.78 is 24.8. The van der Waals surface area contributed by atoms with Crippen molar-refractivity contribution in [2.45, 2.75) is 4.90 Å². The van der Waals surface area contributed by atoms with Crippen LogP contribution in [0.15, 0.2) is 52.3 Å². The van der Waals surface area contributed by atoms with Crippen LogP contribution in [0.5, 0.6) is 5.75 Å². The standard InChI is InChI=1S/C11H8N2O6S/c14-9-5-3-7-12(11(9)15)20(18,19)10-6-2-1-4-8(10)13(16)17/h1-7,14H. The molecule has 0 atom stereocenters. The zero-order valence-electron chi connectivity index (χ0n) is 9.83. The van der Waals surface area contributed by atoms with E-state index in [4.69, 9.17) is 0 Å². The fraction of sp³-hybridized carbons (Fsp3) is 0. The molecule has 1 heterocycles. The third-order valence-corrected chi connectivity index (χ3v) is 4.20. The zero-order chi connectivity index (χ0) is 14.9. The van der Waals surface area contributed by atoms with Crippen molar-refractivity contribution >= 4 is 15.7 Å². The first kappa shape index (κ1) is 13.7. The van der Waals surface area contributed by atoms with Gasteiger partial charge in [0.15, 0.2) is 10.6 Å². The third-order valence-electron chi connectivity index (χ3n) is 2.49.